The Bertz CT molecular complexity index is 577. The maximum Gasteiger partial charge on any atom is 0.325 e. The number of hydrogen-bond donors (Lipinski definition) is 0. The molecule has 3 nitrogen and oxygen atoms in total. The second kappa shape index (κ2) is 7.08. The number of halogens is 1. The first-order chi connectivity index (χ1) is 9.70. The molecule has 0 aliphatic rings. The highest BCUT2D eigenvalue weighted by molar-refractivity contribution is 5.82. The topological polar surface area (TPSA) is 31.2 Å². The molecule has 0 fully saturated rings. The molecule has 0 saturated heterocycles. The van der Waals surface area contributed by atoms with Crippen molar-refractivity contribution in [3.05, 3.63) is 36.3 Å². The number of rotatable bonds is 7. The van der Waals surface area contributed by atoms with Crippen LogP contribution in [0.25, 0.3) is 10.9 Å². The Labute approximate surface area is 118 Å². The summed E-state index contributed by atoms with van der Waals surface area (Å²) >= 11 is 0. The van der Waals surface area contributed by atoms with E-state index >= 15 is 0 Å². The van der Waals surface area contributed by atoms with Gasteiger partial charge in [0.15, 0.2) is 0 Å². The third-order valence-corrected chi connectivity index (χ3v) is 3.29. The van der Waals surface area contributed by atoms with Gasteiger partial charge in [0, 0.05) is 17.1 Å². The normalized spacial score (nSPS) is 10.9. The lowest BCUT2D eigenvalue weighted by Crippen LogP contribution is -2.13. The van der Waals surface area contributed by atoms with Gasteiger partial charge in [-0.3, -0.25) is 4.79 Å². The number of aromatic nitrogens is 1. The summed E-state index contributed by atoms with van der Waals surface area (Å²) in [5.74, 6) is -0.517. The fraction of sp³-hybridized carbons (Fsp3) is 0.438. The van der Waals surface area contributed by atoms with Gasteiger partial charge in [0.25, 0.3) is 0 Å². The summed E-state index contributed by atoms with van der Waals surface area (Å²) in [6, 6.07) is 6.34. The maximum absolute atomic E-state index is 13.1. The zero-order valence-electron chi connectivity index (χ0n) is 11.8. The summed E-state index contributed by atoms with van der Waals surface area (Å²) in [6.07, 6.45) is 6.13. The van der Waals surface area contributed by atoms with Crippen molar-refractivity contribution in [1.29, 1.82) is 0 Å². The molecule has 0 spiro atoms. The van der Waals surface area contributed by atoms with Gasteiger partial charge in [-0.2, -0.15) is 0 Å². The maximum atomic E-state index is 13.1. The van der Waals surface area contributed by atoms with Gasteiger partial charge < -0.3 is 9.30 Å². The van der Waals surface area contributed by atoms with E-state index in [1.165, 1.54) is 25.0 Å². The van der Waals surface area contributed by atoms with E-state index in [9.17, 15) is 9.18 Å². The molecule has 0 N–H and O–H groups in total. The van der Waals surface area contributed by atoms with Crippen LogP contribution in [0.4, 0.5) is 4.39 Å². The van der Waals surface area contributed by atoms with Crippen molar-refractivity contribution in [1.82, 2.24) is 4.57 Å². The monoisotopic (exact) mass is 277 g/mol. The van der Waals surface area contributed by atoms with E-state index in [2.05, 4.69) is 6.92 Å². The van der Waals surface area contributed by atoms with Gasteiger partial charge in [-0.25, -0.2) is 4.39 Å². The summed E-state index contributed by atoms with van der Waals surface area (Å²) < 4.78 is 20.1. The van der Waals surface area contributed by atoms with Gasteiger partial charge in [0.05, 0.1) is 6.61 Å². The lowest BCUT2D eigenvalue weighted by Gasteiger charge is -2.07. The number of carbonyl (C=O) groups is 1. The van der Waals surface area contributed by atoms with Crippen LogP contribution in [0.3, 0.4) is 0 Å². The average Bonchev–Trinajstić information content (AvgIpc) is 2.81. The Morgan fingerprint density at radius 2 is 2.10 bits per heavy atom. The highest BCUT2D eigenvalue weighted by atomic mass is 19.1. The number of benzene rings is 1. The molecule has 0 unspecified atom stereocenters. The molecule has 1 aromatic heterocycles. The van der Waals surface area contributed by atoms with Gasteiger partial charge in [0.1, 0.15) is 12.4 Å². The molecule has 4 heteroatoms. The second-order valence-electron chi connectivity index (χ2n) is 4.93. The largest absolute Gasteiger partial charge is 0.464 e. The molecule has 0 amide bonds. The third-order valence-electron chi connectivity index (χ3n) is 3.29. The molecule has 0 atom stereocenters. The molecule has 1 heterocycles. The van der Waals surface area contributed by atoms with Gasteiger partial charge in [-0.1, -0.05) is 26.2 Å². The number of carbonyl (C=O) groups excluding carboxylic acids is 1. The summed E-state index contributed by atoms with van der Waals surface area (Å²) in [5, 5.41) is 0.792. The minimum atomic E-state index is -0.270. The van der Waals surface area contributed by atoms with Crippen molar-refractivity contribution in [3.63, 3.8) is 0 Å². The SMILES string of the molecule is CCCCCCOC(=O)Cn1ccc2cc(F)ccc21. The van der Waals surface area contributed by atoms with E-state index in [4.69, 9.17) is 4.74 Å². The van der Waals surface area contributed by atoms with Crippen LogP contribution in [0.2, 0.25) is 0 Å². The molecule has 0 aliphatic carbocycles. The van der Waals surface area contributed by atoms with Crippen LogP contribution < -0.4 is 0 Å². The molecule has 0 radical (unpaired) electrons. The molecular weight excluding hydrogens is 257 g/mol. The fourth-order valence-corrected chi connectivity index (χ4v) is 2.21. The minimum absolute atomic E-state index is 0.170. The minimum Gasteiger partial charge on any atom is -0.464 e. The first kappa shape index (κ1) is 14.6. The zero-order valence-corrected chi connectivity index (χ0v) is 11.8. The van der Waals surface area contributed by atoms with Crippen molar-refractivity contribution in [3.8, 4) is 0 Å². The zero-order chi connectivity index (χ0) is 14.4. The Hall–Kier alpha value is -1.84. The molecule has 0 saturated carbocycles. The molecule has 108 valence electrons. The van der Waals surface area contributed by atoms with Gasteiger partial charge in [0.2, 0.25) is 0 Å². The summed E-state index contributed by atoms with van der Waals surface area (Å²) in [7, 11) is 0. The average molecular weight is 277 g/mol. The molecule has 0 aliphatic heterocycles. The van der Waals surface area contributed by atoms with Crippen LogP contribution in [-0.4, -0.2) is 17.1 Å². The number of ether oxygens (including phenoxy) is 1. The lowest BCUT2D eigenvalue weighted by atomic mass is 10.2. The number of nitrogens with zero attached hydrogens (tertiary/aromatic N) is 1. The summed E-state index contributed by atoms with van der Waals surface area (Å²) in [6.45, 7) is 2.79. The molecule has 2 rings (SSSR count). The van der Waals surface area contributed by atoms with E-state index in [0.717, 1.165) is 23.7 Å². The van der Waals surface area contributed by atoms with Gasteiger partial charge in [-0.05, 0) is 30.7 Å². The molecule has 2 aromatic rings. The quantitative estimate of drug-likeness (QED) is 0.567. The van der Waals surface area contributed by atoms with Crippen molar-refractivity contribution >= 4 is 16.9 Å². The van der Waals surface area contributed by atoms with Crippen LogP contribution in [-0.2, 0) is 16.1 Å². The Balaban J connectivity index is 1.87. The Morgan fingerprint density at radius 1 is 1.25 bits per heavy atom. The van der Waals surface area contributed by atoms with E-state index in [1.54, 1.807) is 22.9 Å². The first-order valence-corrected chi connectivity index (χ1v) is 7.10. The third kappa shape index (κ3) is 3.83. The number of hydrogen-bond acceptors (Lipinski definition) is 2. The second-order valence-corrected chi connectivity index (χ2v) is 4.93. The molecule has 1 aromatic carbocycles. The van der Waals surface area contributed by atoms with E-state index in [1.807, 2.05) is 0 Å². The van der Waals surface area contributed by atoms with Crippen molar-refractivity contribution < 1.29 is 13.9 Å². The van der Waals surface area contributed by atoms with Gasteiger partial charge in [-0.15, -0.1) is 0 Å². The highest BCUT2D eigenvalue weighted by Gasteiger charge is 2.07. The highest BCUT2D eigenvalue weighted by Crippen LogP contribution is 2.17. The van der Waals surface area contributed by atoms with Crippen molar-refractivity contribution in [2.45, 2.75) is 39.2 Å². The molecule has 0 bridgehead atoms. The van der Waals surface area contributed by atoms with Crippen molar-refractivity contribution in [2.75, 3.05) is 6.61 Å². The Kier molecular flexibility index (Phi) is 5.16. The first-order valence-electron chi connectivity index (χ1n) is 7.10. The summed E-state index contributed by atoms with van der Waals surface area (Å²) in [4.78, 5) is 11.7. The number of fused-ring (bicyclic) bond motifs is 1. The standard InChI is InChI=1S/C16H20FNO2/c1-2-3-4-5-10-20-16(19)12-18-9-8-13-11-14(17)6-7-15(13)18/h6-9,11H,2-5,10,12H2,1H3. The van der Waals surface area contributed by atoms with Crippen LogP contribution in [0, 0.1) is 5.82 Å². The van der Waals surface area contributed by atoms with Crippen LogP contribution in [0.5, 0.6) is 0 Å². The van der Waals surface area contributed by atoms with Crippen LogP contribution in [0.1, 0.15) is 32.6 Å². The van der Waals surface area contributed by atoms with Crippen LogP contribution >= 0.6 is 0 Å². The molecular formula is C16H20FNO2. The van der Waals surface area contributed by atoms with E-state index < -0.39 is 0 Å². The Morgan fingerprint density at radius 3 is 2.90 bits per heavy atom. The smallest absolute Gasteiger partial charge is 0.325 e. The fourth-order valence-electron chi connectivity index (χ4n) is 2.21. The molecule has 20 heavy (non-hydrogen) atoms. The van der Waals surface area contributed by atoms with E-state index in [0.29, 0.717) is 6.61 Å². The van der Waals surface area contributed by atoms with Crippen LogP contribution in [0.15, 0.2) is 30.5 Å². The van der Waals surface area contributed by atoms with Crippen molar-refractivity contribution in [2.24, 2.45) is 0 Å². The van der Waals surface area contributed by atoms with E-state index in [-0.39, 0.29) is 18.3 Å². The lowest BCUT2D eigenvalue weighted by molar-refractivity contribution is -0.144. The predicted molar refractivity (Wildman–Crippen MR) is 77.0 cm³/mol. The number of unbranched alkanes of at least 4 members (excludes halogenated alkanes) is 3. The predicted octanol–water partition coefficient (Wildman–Crippen LogP) is 3.90. The number of esters is 1. The summed E-state index contributed by atoms with van der Waals surface area (Å²) in [5.41, 5.74) is 0.842. The van der Waals surface area contributed by atoms with Gasteiger partial charge >= 0.3 is 5.97 Å².